The van der Waals surface area contributed by atoms with Gasteiger partial charge >= 0.3 is 71.6 Å². The molecule has 6 unspecified atom stereocenters. The van der Waals surface area contributed by atoms with Crippen molar-refractivity contribution in [3.05, 3.63) is 56.2 Å². The van der Waals surface area contributed by atoms with E-state index in [0.717, 1.165) is 19.6 Å². The number of aromatic nitrogens is 6. The van der Waals surface area contributed by atoms with E-state index in [1.54, 1.807) is 18.0 Å². The maximum absolute atomic E-state index is 13.4. The van der Waals surface area contributed by atoms with E-state index < -0.39 is 191 Å². The summed E-state index contributed by atoms with van der Waals surface area (Å²) in [7, 11) is 0. The first-order valence-electron chi connectivity index (χ1n) is 34.5. The molecule has 0 radical (unpaired) electrons. The number of unbranched alkanes of at least 4 members (excludes halogenated alkanes) is 4. The Morgan fingerprint density at radius 2 is 0.577 bits per heavy atom. The molecule has 3 heterocycles. The number of nitrogens with zero attached hydrogens (tertiary/aromatic N) is 12. The lowest BCUT2D eigenvalue weighted by atomic mass is 10.1. The van der Waals surface area contributed by atoms with Crippen LogP contribution in [0, 0.1) is 0 Å². The fourth-order valence-electron chi connectivity index (χ4n) is 11.1. The molecule has 0 saturated heterocycles. The fourth-order valence-corrected chi connectivity index (χ4v) is 11.1. The molecule has 6 atom stereocenters. The van der Waals surface area contributed by atoms with Crippen LogP contribution in [0.15, 0.2) is 56.2 Å². The molecule has 618 valence electrons. The van der Waals surface area contributed by atoms with Gasteiger partial charge in [0.2, 0.25) is 35.4 Å². The molecule has 0 aromatic carbocycles. The maximum atomic E-state index is 13.4. The van der Waals surface area contributed by atoms with Gasteiger partial charge in [0.05, 0.1) is 90.6 Å². The molecule has 3 amide bonds. The summed E-state index contributed by atoms with van der Waals surface area (Å²) in [5, 5.41) is 118. The van der Waals surface area contributed by atoms with Crippen molar-refractivity contribution in [2.75, 3.05) is 105 Å². The van der Waals surface area contributed by atoms with Crippen LogP contribution in [0.3, 0.4) is 0 Å². The third kappa shape index (κ3) is 40.4. The maximum Gasteiger partial charge on any atom is 0.320 e. The van der Waals surface area contributed by atoms with Crippen LogP contribution in [0.4, 0.5) is 0 Å². The lowest BCUT2D eigenvalue weighted by Crippen LogP contribution is -2.53. The van der Waals surface area contributed by atoms with Crippen LogP contribution in [0.5, 0.6) is 0 Å². The molecule has 3 aromatic heterocycles. The number of amides is 3. The minimum Gasteiger partial charge on any atom is -0.480 e. The minimum absolute atomic E-state index is 0.0480. The number of rotatable bonds is 57. The molecule has 17 N–H and O–H groups in total. The van der Waals surface area contributed by atoms with Gasteiger partial charge in [-0.05, 0) is 90.0 Å². The van der Waals surface area contributed by atoms with Crippen LogP contribution in [0.1, 0.15) is 118 Å². The normalized spacial score (nSPS) is 12.7. The second kappa shape index (κ2) is 53.3. The molecule has 0 aliphatic rings. The van der Waals surface area contributed by atoms with Gasteiger partial charge < -0.3 is 83.0 Å². The zero-order chi connectivity index (χ0) is 83.9. The molecular weight excluding hydrogens is 1480 g/mol. The zero-order valence-electron chi connectivity index (χ0n) is 61.0. The molecular formula is C65H98N16O30. The molecule has 0 fully saturated rings. The largest absolute Gasteiger partial charge is 0.480 e. The Balaban J connectivity index is 0.00000109. The Labute approximate surface area is 633 Å². The summed E-state index contributed by atoms with van der Waals surface area (Å²) in [5.41, 5.74) is 5.28. The summed E-state index contributed by atoms with van der Waals surface area (Å²) in [6.07, 6.45) is 15.3. The van der Waals surface area contributed by atoms with Crippen molar-refractivity contribution >= 4 is 107 Å². The van der Waals surface area contributed by atoms with Crippen molar-refractivity contribution in [2.45, 2.75) is 140 Å². The second-order valence-electron chi connectivity index (χ2n) is 24.6. The quantitative estimate of drug-likeness (QED) is 0.0243. The number of imidazole rings is 3. The molecule has 111 heavy (non-hydrogen) atoms. The van der Waals surface area contributed by atoms with Gasteiger partial charge in [0.15, 0.2) is 0 Å². The Morgan fingerprint density at radius 1 is 0.324 bits per heavy atom. The first kappa shape index (κ1) is 97.4. The number of carbonyl (C=O) groups excluding carboxylic acids is 6. The van der Waals surface area contributed by atoms with Crippen LogP contribution in [0.2, 0.25) is 0 Å². The summed E-state index contributed by atoms with van der Waals surface area (Å²) in [5.74, 6) is -19.6. The highest BCUT2D eigenvalue weighted by molar-refractivity contribution is 5.89. The Bertz CT molecular complexity index is 3340. The SMILES string of the molecule is CCC(C(=O)NCCCCC(C(=O)O)N(CC(=O)O)CC(=O)O)N(CC(=O)NCCCCC(C(=O)O)N(CC(=O)O)CC(=O)O)CC(=O)NCCCCC(C(=O)O)N(CC(=O)O)CC(=O)O.CCC(C(=O)n1ccnc1)N(CC(=O)n1ccnc1)CC(=O)n1ccnc1.NCCCCC(C(=O)O)N(CC(=O)O)CC(=O)O. The molecule has 3 rings (SSSR count). The first-order chi connectivity index (χ1) is 52.4. The third-order valence-electron chi connectivity index (χ3n) is 16.2. The molecule has 0 spiro atoms. The molecule has 0 aliphatic heterocycles. The highest BCUT2D eigenvalue weighted by Crippen LogP contribution is 2.16. The number of hydrogen-bond donors (Lipinski definition) is 16. The zero-order valence-corrected chi connectivity index (χ0v) is 61.0. The number of carboxylic acids is 12. The summed E-state index contributed by atoms with van der Waals surface area (Å²) < 4.78 is 4.00. The first-order valence-corrected chi connectivity index (χ1v) is 34.5. The van der Waals surface area contributed by atoms with E-state index in [0.29, 0.717) is 25.8 Å². The van der Waals surface area contributed by atoms with E-state index in [1.807, 2.05) is 6.92 Å². The van der Waals surface area contributed by atoms with Crippen LogP contribution >= 0.6 is 0 Å². The van der Waals surface area contributed by atoms with E-state index in [2.05, 4.69) is 30.9 Å². The summed E-state index contributed by atoms with van der Waals surface area (Å²) in [6, 6.07) is -7.30. The average Bonchev–Trinajstić information content (AvgIpc) is 1.78. The van der Waals surface area contributed by atoms with Crippen LogP contribution in [0.25, 0.3) is 0 Å². The van der Waals surface area contributed by atoms with Crippen molar-refractivity contribution in [3.63, 3.8) is 0 Å². The predicted molar refractivity (Wildman–Crippen MR) is 376 cm³/mol. The van der Waals surface area contributed by atoms with E-state index in [-0.39, 0.29) is 121 Å². The van der Waals surface area contributed by atoms with Gasteiger partial charge in [0.1, 0.15) is 43.1 Å². The summed E-state index contributed by atoms with van der Waals surface area (Å²) in [6.45, 7) is -3.97. The predicted octanol–water partition coefficient (Wildman–Crippen LogP) is -3.58. The number of hydrogen-bond acceptors (Lipinski definition) is 28. The minimum atomic E-state index is -1.46. The Kier molecular flexibility index (Phi) is 46.7. The molecule has 0 aliphatic carbocycles. The van der Waals surface area contributed by atoms with Crippen LogP contribution in [-0.4, -0.2) is 367 Å². The summed E-state index contributed by atoms with van der Waals surface area (Å²) in [4.78, 5) is 230. The van der Waals surface area contributed by atoms with E-state index in [9.17, 15) is 102 Å². The molecule has 0 saturated carbocycles. The molecule has 46 nitrogen and oxygen atoms in total. The van der Waals surface area contributed by atoms with Crippen molar-refractivity contribution in [1.29, 1.82) is 0 Å². The van der Waals surface area contributed by atoms with Crippen molar-refractivity contribution in [2.24, 2.45) is 5.73 Å². The highest BCUT2D eigenvalue weighted by Gasteiger charge is 2.35. The number of nitrogens with two attached hydrogens (primary N) is 1. The monoisotopic (exact) mass is 1580 g/mol. The van der Waals surface area contributed by atoms with Gasteiger partial charge in [-0.25, -0.2) is 15.0 Å². The molecule has 3 aromatic rings. The standard InChI is InChI=1S/C38H61N7O21.C17H19N7O3.C10H18N2O6/c1-2-23(35(60)41-14-8-5-11-26(38(65)66)45(21-33(56)57)22-34(58)59)42(15-27(46)39-12-6-3-9-24(36(61)62)43(17-29(48)49)18-30(50)51)16-28(47)40-13-7-4-10-25(37(63)64)44(19-31(52)53)20-32(54)55;1-2-14(17(27)23-8-5-20-13-23)24(9-15(25)21-6-3-18-11-21)10-16(26)22-7-4-19-12-22;11-4-2-1-3-7(10(17)18)12(5-8(13)14)6-9(15)16/h23-26H,2-22H2,1H3,(H,39,46)(H,40,47)(H,41,60)(H,48,49)(H,50,51)(H,52,53)(H,54,55)(H,56,57)(H,58,59)(H,61,62)(H,63,64)(H,65,66);3-8,11-14H,2,9-10H2,1H3;7H,1-6,11H2,(H,13,14)(H,15,16)(H,17,18). The summed E-state index contributed by atoms with van der Waals surface area (Å²) >= 11 is 0. The lowest BCUT2D eigenvalue weighted by Gasteiger charge is -2.29. The smallest absolute Gasteiger partial charge is 0.320 e. The van der Waals surface area contributed by atoms with Gasteiger partial charge in [-0.3, -0.25) is 129 Å². The fraction of sp³-hybridized carbons (Fsp3) is 0.585. The lowest BCUT2D eigenvalue weighted by molar-refractivity contribution is -0.152. The van der Waals surface area contributed by atoms with Crippen molar-refractivity contribution in [3.8, 4) is 0 Å². The van der Waals surface area contributed by atoms with Crippen LogP contribution < -0.4 is 21.7 Å². The number of carbonyl (C=O) groups is 18. The number of carboxylic acid groups (broad SMARTS) is 12. The van der Waals surface area contributed by atoms with Crippen molar-refractivity contribution < 1.29 is 148 Å². The molecule has 0 bridgehead atoms. The van der Waals surface area contributed by atoms with Gasteiger partial charge in [0, 0.05) is 56.8 Å². The van der Waals surface area contributed by atoms with E-state index >= 15 is 0 Å². The Hall–Kier alpha value is -11.6. The second-order valence-corrected chi connectivity index (χ2v) is 24.6. The van der Waals surface area contributed by atoms with E-state index in [4.69, 9.17) is 51.7 Å². The molecule has 46 heteroatoms. The van der Waals surface area contributed by atoms with Gasteiger partial charge in [-0.15, -0.1) is 0 Å². The highest BCUT2D eigenvalue weighted by atomic mass is 16.4. The van der Waals surface area contributed by atoms with Crippen LogP contribution in [-0.2, 0) is 71.9 Å². The van der Waals surface area contributed by atoms with Gasteiger partial charge in [-0.2, -0.15) is 0 Å². The number of aliphatic carboxylic acids is 12. The van der Waals surface area contributed by atoms with Gasteiger partial charge in [-0.1, -0.05) is 20.3 Å². The van der Waals surface area contributed by atoms with E-state index in [1.165, 1.54) is 68.6 Å². The topological polar surface area (TPSA) is 685 Å². The third-order valence-corrected chi connectivity index (χ3v) is 16.2. The van der Waals surface area contributed by atoms with Gasteiger partial charge in [0.25, 0.3) is 0 Å². The Morgan fingerprint density at radius 3 is 0.820 bits per heavy atom. The average molecular weight is 1580 g/mol. The number of nitrogens with one attached hydrogen (secondary N) is 3. The van der Waals surface area contributed by atoms with Crippen molar-refractivity contribution in [1.82, 2.24) is 74.0 Å².